The van der Waals surface area contributed by atoms with Gasteiger partial charge in [0.25, 0.3) is 5.91 Å². The van der Waals surface area contributed by atoms with Gasteiger partial charge in [-0.1, -0.05) is 20.3 Å². The number of amides is 1. The van der Waals surface area contributed by atoms with Gasteiger partial charge in [0.15, 0.2) is 0 Å². The van der Waals surface area contributed by atoms with E-state index in [9.17, 15) is 14.7 Å². The van der Waals surface area contributed by atoms with Gasteiger partial charge in [0, 0.05) is 19.7 Å². The number of carbonyl (C=O) groups excluding carboxylic acids is 1. The van der Waals surface area contributed by atoms with Gasteiger partial charge in [-0.2, -0.15) is 0 Å². The molecule has 1 amide bonds. The summed E-state index contributed by atoms with van der Waals surface area (Å²) >= 11 is 0. The van der Waals surface area contributed by atoms with Gasteiger partial charge in [-0.05, 0) is 31.6 Å². The van der Waals surface area contributed by atoms with Crippen LogP contribution in [0.3, 0.4) is 0 Å². The van der Waals surface area contributed by atoms with E-state index in [0.717, 1.165) is 19.3 Å². The Bertz CT molecular complexity index is 380. The highest BCUT2D eigenvalue weighted by molar-refractivity contribution is 5.83. The highest BCUT2D eigenvalue weighted by Crippen LogP contribution is 2.36. The monoisotopic (exact) mass is 283 g/mol. The zero-order valence-corrected chi connectivity index (χ0v) is 12.4. The lowest BCUT2D eigenvalue weighted by Crippen LogP contribution is -2.53. The van der Waals surface area contributed by atoms with Crippen molar-refractivity contribution >= 4 is 11.9 Å². The molecule has 0 saturated carbocycles. The highest BCUT2D eigenvalue weighted by atomic mass is 16.5. The van der Waals surface area contributed by atoms with Crippen LogP contribution >= 0.6 is 0 Å². The highest BCUT2D eigenvalue weighted by Gasteiger charge is 2.45. The van der Waals surface area contributed by atoms with Crippen LogP contribution in [0.4, 0.5) is 0 Å². The quantitative estimate of drug-likeness (QED) is 0.855. The number of nitrogens with zero attached hydrogens (tertiary/aromatic N) is 1. The first-order chi connectivity index (χ1) is 9.50. The second-order valence-corrected chi connectivity index (χ2v) is 6.26. The molecular weight excluding hydrogens is 258 g/mol. The third-order valence-electron chi connectivity index (χ3n) is 4.70. The van der Waals surface area contributed by atoms with Gasteiger partial charge in [0.1, 0.15) is 6.10 Å². The molecule has 0 aliphatic carbocycles. The molecule has 3 atom stereocenters. The summed E-state index contributed by atoms with van der Waals surface area (Å²) in [5.74, 6) is -0.552. The van der Waals surface area contributed by atoms with E-state index in [-0.39, 0.29) is 17.9 Å². The maximum Gasteiger partial charge on any atom is 0.311 e. The molecule has 2 heterocycles. The van der Waals surface area contributed by atoms with Gasteiger partial charge < -0.3 is 14.7 Å². The second-order valence-electron chi connectivity index (χ2n) is 6.26. The first kappa shape index (κ1) is 15.3. The summed E-state index contributed by atoms with van der Waals surface area (Å²) in [6.07, 6.45) is 3.42. The number of carboxylic acids is 1. The van der Waals surface area contributed by atoms with E-state index < -0.39 is 11.4 Å². The summed E-state index contributed by atoms with van der Waals surface area (Å²) in [4.78, 5) is 25.9. The molecule has 0 spiro atoms. The van der Waals surface area contributed by atoms with E-state index in [4.69, 9.17) is 4.74 Å². The van der Waals surface area contributed by atoms with Crippen molar-refractivity contribution in [1.82, 2.24) is 4.90 Å². The minimum Gasteiger partial charge on any atom is -0.481 e. The zero-order chi connectivity index (χ0) is 14.8. The van der Waals surface area contributed by atoms with Crippen LogP contribution < -0.4 is 0 Å². The number of carbonyl (C=O) groups is 2. The number of rotatable bonds is 4. The fourth-order valence-electron chi connectivity index (χ4n) is 3.48. The normalized spacial score (nSPS) is 34.2. The van der Waals surface area contributed by atoms with Gasteiger partial charge in [0.05, 0.1) is 5.41 Å². The van der Waals surface area contributed by atoms with E-state index in [1.807, 2.05) is 13.8 Å². The molecule has 114 valence electrons. The standard InChI is InChI=1S/C15H25NO4/c1-3-6-15(14(18)19)7-4-8-16(10-15)13(17)12-11(2)5-9-20-12/h11-12H,3-10H2,1-2H3,(H,18,19). The summed E-state index contributed by atoms with van der Waals surface area (Å²) in [6.45, 7) is 5.64. The number of aliphatic carboxylic acids is 1. The minimum atomic E-state index is -0.766. The summed E-state index contributed by atoms with van der Waals surface area (Å²) in [7, 11) is 0. The number of likely N-dealkylation sites (tertiary alicyclic amines) is 1. The predicted octanol–water partition coefficient (Wildman–Crippen LogP) is 1.90. The molecule has 3 unspecified atom stereocenters. The molecule has 2 rings (SSSR count). The predicted molar refractivity (Wildman–Crippen MR) is 74.3 cm³/mol. The molecule has 2 fully saturated rings. The molecule has 0 radical (unpaired) electrons. The van der Waals surface area contributed by atoms with E-state index in [1.165, 1.54) is 0 Å². The average molecular weight is 283 g/mol. The van der Waals surface area contributed by atoms with Crippen LogP contribution in [0.5, 0.6) is 0 Å². The van der Waals surface area contributed by atoms with Gasteiger partial charge >= 0.3 is 5.97 Å². The molecule has 0 bridgehead atoms. The maximum absolute atomic E-state index is 12.5. The maximum atomic E-state index is 12.5. The van der Waals surface area contributed by atoms with Crippen molar-refractivity contribution < 1.29 is 19.4 Å². The van der Waals surface area contributed by atoms with E-state index in [1.54, 1.807) is 4.90 Å². The summed E-state index contributed by atoms with van der Waals surface area (Å²) < 4.78 is 5.53. The van der Waals surface area contributed by atoms with Crippen molar-refractivity contribution in [3.05, 3.63) is 0 Å². The van der Waals surface area contributed by atoms with Gasteiger partial charge in [0.2, 0.25) is 0 Å². The van der Waals surface area contributed by atoms with Crippen LogP contribution in [0.1, 0.15) is 46.0 Å². The van der Waals surface area contributed by atoms with Gasteiger partial charge in [-0.15, -0.1) is 0 Å². The third kappa shape index (κ3) is 2.82. The topological polar surface area (TPSA) is 66.8 Å². The van der Waals surface area contributed by atoms with Gasteiger partial charge in [-0.3, -0.25) is 9.59 Å². The molecule has 5 nitrogen and oxygen atoms in total. The second kappa shape index (κ2) is 6.12. The van der Waals surface area contributed by atoms with Crippen LogP contribution in [0.25, 0.3) is 0 Å². The Morgan fingerprint density at radius 1 is 1.45 bits per heavy atom. The number of ether oxygens (including phenoxy) is 1. The number of hydrogen-bond acceptors (Lipinski definition) is 3. The van der Waals surface area contributed by atoms with Crippen molar-refractivity contribution in [2.24, 2.45) is 11.3 Å². The fourth-order valence-corrected chi connectivity index (χ4v) is 3.48. The lowest BCUT2D eigenvalue weighted by atomic mass is 9.76. The van der Waals surface area contributed by atoms with Crippen LogP contribution in [0.15, 0.2) is 0 Å². The number of hydrogen-bond donors (Lipinski definition) is 1. The molecule has 0 aromatic rings. The molecule has 20 heavy (non-hydrogen) atoms. The smallest absolute Gasteiger partial charge is 0.311 e. The van der Waals surface area contributed by atoms with Crippen molar-refractivity contribution in [3.63, 3.8) is 0 Å². The molecule has 2 aliphatic heterocycles. The Balaban J connectivity index is 2.09. The first-order valence-corrected chi connectivity index (χ1v) is 7.64. The van der Waals surface area contributed by atoms with Crippen LogP contribution in [0, 0.1) is 11.3 Å². The molecule has 0 aromatic heterocycles. The molecule has 0 aromatic carbocycles. The summed E-state index contributed by atoms with van der Waals surface area (Å²) in [5, 5.41) is 9.57. The van der Waals surface area contributed by atoms with Crippen molar-refractivity contribution in [2.75, 3.05) is 19.7 Å². The van der Waals surface area contributed by atoms with Crippen LogP contribution in [-0.4, -0.2) is 47.7 Å². The molecule has 2 aliphatic rings. The Morgan fingerprint density at radius 2 is 2.20 bits per heavy atom. The SMILES string of the molecule is CCCC1(C(=O)O)CCCN(C(=O)C2OCCC2C)C1. The zero-order valence-electron chi connectivity index (χ0n) is 12.4. The van der Waals surface area contributed by atoms with Crippen LogP contribution in [0.2, 0.25) is 0 Å². The van der Waals surface area contributed by atoms with Crippen LogP contribution in [-0.2, 0) is 14.3 Å². The van der Waals surface area contributed by atoms with E-state index >= 15 is 0 Å². The van der Waals surface area contributed by atoms with E-state index in [0.29, 0.717) is 32.5 Å². The average Bonchev–Trinajstić information content (AvgIpc) is 2.84. The first-order valence-electron chi connectivity index (χ1n) is 7.64. The van der Waals surface area contributed by atoms with E-state index in [2.05, 4.69) is 0 Å². The lowest BCUT2D eigenvalue weighted by Gasteiger charge is -2.41. The Hall–Kier alpha value is -1.10. The molecule has 5 heteroatoms. The Morgan fingerprint density at radius 3 is 2.75 bits per heavy atom. The van der Waals surface area contributed by atoms with Crippen molar-refractivity contribution in [2.45, 2.75) is 52.1 Å². The van der Waals surface area contributed by atoms with Crippen molar-refractivity contribution in [3.8, 4) is 0 Å². The molecule has 2 saturated heterocycles. The minimum absolute atomic E-state index is 0.0172. The fraction of sp³-hybridized carbons (Fsp3) is 0.867. The summed E-state index contributed by atoms with van der Waals surface area (Å²) in [6, 6.07) is 0. The lowest BCUT2D eigenvalue weighted by molar-refractivity contribution is -0.158. The number of piperidine rings is 1. The summed E-state index contributed by atoms with van der Waals surface area (Å²) in [5.41, 5.74) is -0.759. The largest absolute Gasteiger partial charge is 0.481 e. The molecular formula is C15H25NO4. The van der Waals surface area contributed by atoms with Crippen molar-refractivity contribution in [1.29, 1.82) is 0 Å². The Labute approximate surface area is 120 Å². The third-order valence-corrected chi connectivity index (χ3v) is 4.70. The Kier molecular flexibility index (Phi) is 4.68. The number of carboxylic acid groups (broad SMARTS) is 1. The molecule has 1 N–H and O–H groups in total. The van der Waals surface area contributed by atoms with Gasteiger partial charge in [-0.25, -0.2) is 0 Å².